The number of rotatable bonds is 3. The fraction of sp³-hybridized carbons (Fsp3) is 0.158. The summed E-state index contributed by atoms with van der Waals surface area (Å²) in [6.45, 7) is 1.99. The van der Waals surface area contributed by atoms with Crippen LogP contribution in [-0.2, 0) is 9.59 Å². The van der Waals surface area contributed by atoms with E-state index in [4.69, 9.17) is 0 Å². The third-order valence-electron chi connectivity index (χ3n) is 4.00. The average molecular weight is 381 g/mol. The largest absolute Gasteiger partial charge is 0.325 e. The van der Waals surface area contributed by atoms with Crippen LogP contribution in [0.4, 0.5) is 5.69 Å². The van der Waals surface area contributed by atoms with Crippen LogP contribution in [-0.4, -0.2) is 33.0 Å². The van der Waals surface area contributed by atoms with E-state index in [9.17, 15) is 9.59 Å². The van der Waals surface area contributed by atoms with Gasteiger partial charge in [0, 0.05) is 5.69 Å². The molecule has 0 fully saturated rings. The number of nitrogens with zero attached hydrogens (tertiary/aromatic N) is 2. The molecule has 7 heteroatoms. The maximum absolute atomic E-state index is 12.4. The average Bonchev–Trinajstić information content (AvgIpc) is 3.01. The van der Waals surface area contributed by atoms with E-state index >= 15 is 0 Å². The number of thioether (sulfide) groups is 2. The highest BCUT2D eigenvalue weighted by atomic mass is 32.2. The molecule has 0 saturated heterocycles. The lowest BCUT2D eigenvalue weighted by Gasteiger charge is -2.10. The number of aryl methyl sites for hydroxylation is 1. The highest BCUT2D eigenvalue weighted by Gasteiger charge is 2.36. The smallest absolute Gasteiger partial charge is 0.282 e. The summed E-state index contributed by atoms with van der Waals surface area (Å²) < 4.78 is 0. The van der Waals surface area contributed by atoms with E-state index in [1.807, 2.05) is 55.5 Å². The zero-order chi connectivity index (χ0) is 18.1. The molecule has 1 N–H and O–H groups in total. The second-order valence-electron chi connectivity index (χ2n) is 5.93. The number of nitrogens with one attached hydrogen (secondary N) is 1. The molecule has 1 atom stereocenters. The number of carbonyl (C=O) groups excluding carboxylic acids is 2. The molecule has 2 heterocycles. The van der Waals surface area contributed by atoms with Crippen LogP contribution in [0.25, 0.3) is 0 Å². The van der Waals surface area contributed by atoms with Gasteiger partial charge < -0.3 is 5.32 Å². The Morgan fingerprint density at radius 3 is 2.85 bits per heavy atom. The third-order valence-corrected chi connectivity index (χ3v) is 6.03. The van der Waals surface area contributed by atoms with Gasteiger partial charge in [-0.15, -0.1) is 0 Å². The lowest BCUT2D eigenvalue weighted by Crippen LogP contribution is -2.18. The number of amides is 2. The first-order chi connectivity index (χ1) is 12.6. The Bertz CT molecular complexity index is 940. The molecule has 1 aromatic rings. The minimum absolute atomic E-state index is 0.127. The van der Waals surface area contributed by atoms with E-state index in [-0.39, 0.29) is 22.8 Å². The Morgan fingerprint density at radius 2 is 2.04 bits per heavy atom. The number of anilines is 1. The summed E-state index contributed by atoms with van der Waals surface area (Å²) >= 11 is 2.72. The number of hydrogen-bond donors (Lipinski definition) is 1. The lowest BCUT2D eigenvalue weighted by atomic mass is 10.0. The molecule has 130 valence electrons. The molecule has 2 amide bonds. The maximum atomic E-state index is 12.4. The van der Waals surface area contributed by atoms with Crippen LogP contribution < -0.4 is 5.32 Å². The molecule has 1 unspecified atom stereocenters. The minimum Gasteiger partial charge on any atom is -0.325 e. The standard InChI is InChI=1S/C19H15N3O2S2/c1-11-6-8-12(9-7-11)20-15(23)10-25-19-21-17(24)16-13-4-2-3-5-14(13)26-18(16)22-19/h2-9,14H,10H2,1H3,(H,20,23). The van der Waals surface area contributed by atoms with Crippen LogP contribution in [0.15, 0.2) is 69.7 Å². The summed E-state index contributed by atoms with van der Waals surface area (Å²) in [7, 11) is 0. The SMILES string of the molecule is Cc1ccc(NC(=O)CSC2=NC(=O)C3=C4C=CC=CC4SC3=N2)cc1. The Balaban J connectivity index is 1.41. The van der Waals surface area contributed by atoms with E-state index in [0.717, 1.165) is 16.8 Å². The molecule has 5 nitrogen and oxygen atoms in total. The topological polar surface area (TPSA) is 70.9 Å². The summed E-state index contributed by atoms with van der Waals surface area (Å²) in [4.78, 5) is 33.0. The Kier molecular flexibility index (Phi) is 4.65. The number of benzene rings is 1. The van der Waals surface area contributed by atoms with Crippen LogP contribution >= 0.6 is 23.5 Å². The van der Waals surface area contributed by atoms with Gasteiger partial charge in [-0.25, -0.2) is 4.99 Å². The van der Waals surface area contributed by atoms with Gasteiger partial charge in [-0.2, -0.15) is 4.99 Å². The van der Waals surface area contributed by atoms with Crippen LogP contribution in [0.5, 0.6) is 0 Å². The summed E-state index contributed by atoms with van der Waals surface area (Å²) in [6, 6.07) is 7.59. The highest BCUT2D eigenvalue weighted by molar-refractivity contribution is 8.17. The maximum Gasteiger partial charge on any atom is 0.282 e. The van der Waals surface area contributed by atoms with Crippen molar-refractivity contribution < 1.29 is 9.59 Å². The number of fused-ring (bicyclic) bond motifs is 2. The number of allylic oxidation sites excluding steroid dienone is 3. The van der Waals surface area contributed by atoms with Gasteiger partial charge >= 0.3 is 0 Å². The van der Waals surface area contributed by atoms with Gasteiger partial charge in [0.15, 0.2) is 5.17 Å². The van der Waals surface area contributed by atoms with Crippen molar-refractivity contribution in [3.8, 4) is 0 Å². The highest BCUT2D eigenvalue weighted by Crippen LogP contribution is 2.40. The second-order valence-corrected chi connectivity index (χ2v) is 8.00. The molecule has 0 saturated carbocycles. The van der Waals surface area contributed by atoms with E-state index in [1.54, 1.807) is 11.8 Å². The zero-order valence-corrected chi connectivity index (χ0v) is 15.6. The molecular formula is C19H15N3O2S2. The van der Waals surface area contributed by atoms with Crippen molar-refractivity contribution in [2.24, 2.45) is 9.98 Å². The first-order valence-electron chi connectivity index (χ1n) is 8.07. The molecule has 1 aliphatic carbocycles. The molecule has 0 bridgehead atoms. The van der Waals surface area contributed by atoms with Gasteiger partial charge in [0.2, 0.25) is 5.91 Å². The molecule has 0 spiro atoms. The minimum atomic E-state index is -0.276. The van der Waals surface area contributed by atoms with Gasteiger partial charge in [0.05, 0.1) is 16.6 Å². The first-order valence-corrected chi connectivity index (χ1v) is 9.94. The lowest BCUT2D eigenvalue weighted by molar-refractivity contribution is -0.114. The number of hydrogen-bond acceptors (Lipinski definition) is 5. The summed E-state index contributed by atoms with van der Waals surface area (Å²) in [6.07, 6.45) is 7.87. The number of aliphatic imine (C=N–C) groups is 2. The fourth-order valence-electron chi connectivity index (χ4n) is 2.73. The van der Waals surface area contributed by atoms with Crippen molar-refractivity contribution >= 4 is 51.2 Å². The molecule has 0 radical (unpaired) electrons. The predicted molar refractivity (Wildman–Crippen MR) is 109 cm³/mol. The van der Waals surface area contributed by atoms with Crippen molar-refractivity contribution in [1.82, 2.24) is 0 Å². The normalized spacial score (nSPS) is 20.5. The molecule has 26 heavy (non-hydrogen) atoms. The molecule has 4 rings (SSSR count). The van der Waals surface area contributed by atoms with Crippen LogP contribution in [0.1, 0.15) is 5.56 Å². The van der Waals surface area contributed by atoms with Gasteiger partial charge in [-0.3, -0.25) is 9.59 Å². The summed E-state index contributed by atoms with van der Waals surface area (Å²) in [5.74, 6) is -0.283. The van der Waals surface area contributed by atoms with Gasteiger partial charge in [0.25, 0.3) is 5.91 Å². The van der Waals surface area contributed by atoms with Crippen molar-refractivity contribution in [1.29, 1.82) is 0 Å². The summed E-state index contributed by atoms with van der Waals surface area (Å²) in [5.41, 5.74) is 3.43. The quantitative estimate of drug-likeness (QED) is 0.870. The monoisotopic (exact) mass is 381 g/mol. The van der Waals surface area contributed by atoms with Crippen LogP contribution in [0, 0.1) is 6.92 Å². The number of amidine groups is 1. The second kappa shape index (κ2) is 7.09. The van der Waals surface area contributed by atoms with E-state index in [1.165, 1.54) is 11.8 Å². The fourth-order valence-corrected chi connectivity index (χ4v) is 4.62. The van der Waals surface area contributed by atoms with Crippen molar-refractivity contribution in [2.75, 3.05) is 11.1 Å². The molecule has 0 aromatic heterocycles. The Hall–Kier alpha value is -2.38. The Labute approximate surface area is 159 Å². The van der Waals surface area contributed by atoms with E-state index < -0.39 is 0 Å². The zero-order valence-electron chi connectivity index (χ0n) is 13.9. The van der Waals surface area contributed by atoms with Crippen molar-refractivity contribution in [2.45, 2.75) is 12.2 Å². The predicted octanol–water partition coefficient (Wildman–Crippen LogP) is 3.50. The van der Waals surface area contributed by atoms with E-state index in [0.29, 0.717) is 15.8 Å². The Morgan fingerprint density at radius 1 is 1.23 bits per heavy atom. The van der Waals surface area contributed by atoms with Crippen LogP contribution in [0.3, 0.4) is 0 Å². The van der Waals surface area contributed by atoms with Crippen LogP contribution in [0.2, 0.25) is 0 Å². The third kappa shape index (κ3) is 3.45. The van der Waals surface area contributed by atoms with Gasteiger partial charge in [-0.05, 0) is 24.6 Å². The van der Waals surface area contributed by atoms with Crippen molar-refractivity contribution in [3.05, 3.63) is 65.3 Å². The van der Waals surface area contributed by atoms with Crippen molar-refractivity contribution in [3.63, 3.8) is 0 Å². The number of carbonyl (C=O) groups is 2. The molecule has 3 aliphatic rings. The molecular weight excluding hydrogens is 366 g/mol. The molecule has 1 aromatic carbocycles. The van der Waals surface area contributed by atoms with Gasteiger partial charge in [-0.1, -0.05) is 65.5 Å². The van der Waals surface area contributed by atoms with E-state index in [2.05, 4.69) is 15.3 Å². The first kappa shape index (κ1) is 17.1. The summed E-state index contributed by atoms with van der Waals surface area (Å²) in [5, 5.41) is 3.99. The van der Waals surface area contributed by atoms with Gasteiger partial charge in [0.1, 0.15) is 5.04 Å². The molecule has 2 aliphatic heterocycles.